The summed E-state index contributed by atoms with van der Waals surface area (Å²) in [6.45, 7) is 4.40. The molecule has 3 aromatic heterocycles. The van der Waals surface area contributed by atoms with Crippen molar-refractivity contribution in [2.24, 2.45) is 0 Å². The molecule has 0 aliphatic rings. The standard InChI is InChI=1S/C48H41N9/c1-2-31-55(46-44-47(50-34-49-46)56(35-51-44)33-36-17-7-3-8-18-36)32-37-27-29-38(30-28-37)42-25-15-16-26-43(42)45-52-53-54-57(45)48(39-19-9-4-10-20-39,40-21-11-5-12-22-40)41-23-13-6-14-24-41/h3-30,34-35H,2,31-33H2,1H3. The number of anilines is 1. The maximum Gasteiger partial charge on any atom is 0.184 e. The lowest BCUT2D eigenvalue weighted by molar-refractivity contribution is 0.451. The van der Waals surface area contributed by atoms with Gasteiger partial charge in [-0.1, -0.05) is 177 Å². The van der Waals surface area contributed by atoms with Crippen molar-refractivity contribution in [1.29, 1.82) is 0 Å². The predicted octanol–water partition coefficient (Wildman–Crippen LogP) is 9.45. The van der Waals surface area contributed by atoms with Crippen LogP contribution in [0.1, 0.15) is 41.2 Å². The lowest BCUT2D eigenvalue weighted by Gasteiger charge is -2.36. The van der Waals surface area contributed by atoms with Crippen molar-refractivity contribution in [3.05, 3.63) is 210 Å². The smallest absolute Gasteiger partial charge is 0.184 e. The summed E-state index contributed by atoms with van der Waals surface area (Å²) in [6, 6.07) is 59.0. The fourth-order valence-corrected chi connectivity index (χ4v) is 7.95. The Labute approximate surface area is 332 Å². The average Bonchev–Trinajstić information content (AvgIpc) is 3.94. The quantitative estimate of drug-likeness (QED) is 0.109. The number of benzene rings is 6. The summed E-state index contributed by atoms with van der Waals surface area (Å²) in [4.78, 5) is 16.5. The van der Waals surface area contributed by atoms with Crippen LogP contribution in [0.4, 0.5) is 5.82 Å². The molecule has 278 valence electrons. The first-order chi connectivity index (χ1) is 28.2. The third-order valence-corrected chi connectivity index (χ3v) is 10.5. The SMILES string of the molecule is CCCN(Cc1ccc(-c2ccccc2-c2nnnn2C(c2ccccc2)(c2ccccc2)c2ccccc2)cc1)c1ncnc2c1ncn2Cc1ccccc1. The number of imidazole rings is 1. The minimum Gasteiger partial charge on any atom is -0.350 e. The maximum absolute atomic E-state index is 4.81. The molecule has 0 radical (unpaired) electrons. The molecule has 0 fully saturated rings. The minimum atomic E-state index is -0.855. The minimum absolute atomic E-state index is 0.667. The molecule has 9 heteroatoms. The summed E-state index contributed by atoms with van der Waals surface area (Å²) in [6.07, 6.45) is 4.48. The molecular formula is C48H41N9. The number of nitrogens with zero attached hydrogens (tertiary/aromatic N) is 9. The largest absolute Gasteiger partial charge is 0.350 e. The highest BCUT2D eigenvalue weighted by molar-refractivity contribution is 5.84. The van der Waals surface area contributed by atoms with Gasteiger partial charge in [-0.25, -0.2) is 19.6 Å². The number of hydrogen-bond donors (Lipinski definition) is 0. The van der Waals surface area contributed by atoms with E-state index in [-0.39, 0.29) is 0 Å². The van der Waals surface area contributed by atoms with E-state index >= 15 is 0 Å². The molecule has 0 saturated heterocycles. The van der Waals surface area contributed by atoms with Gasteiger partial charge in [0.2, 0.25) is 0 Å². The lowest BCUT2D eigenvalue weighted by atomic mass is 9.77. The van der Waals surface area contributed by atoms with Gasteiger partial charge in [-0.3, -0.25) is 0 Å². The summed E-state index contributed by atoms with van der Waals surface area (Å²) in [5, 5.41) is 13.9. The molecule has 0 unspecified atom stereocenters. The number of fused-ring (bicyclic) bond motifs is 1. The van der Waals surface area contributed by atoms with Crippen LogP contribution in [-0.2, 0) is 18.6 Å². The molecule has 0 amide bonds. The van der Waals surface area contributed by atoms with Crippen LogP contribution in [0.15, 0.2) is 183 Å². The predicted molar refractivity (Wildman–Crippen MR) is 226 cm³/mol. The molecule has 9 aromatic rings. The number of tetrazole rings is 1. The molecule has 0 atom stereocenters. The van der Waals surface area contributed by atoms with Crippen LogP contribution in [0.5, 0.6) is 0 Å². The Morgan fingerprint density at radius 2 is 1.16 bits per heavy atom. The summed E-state index contributed by atoms with van der Waals surface area (Å²) in [5.41, 5.74) is 9.35. The van der Waals surface area contributed by atoms with Gasteiger partial charge in [0, 0.05) is 18.7 Å². The molecule has 0 aliphatic carbocycles. The fraction of sp³-hybridized carbons (Fsp3) is 0.125. The van der Waals surface area contributed by atoms with E-state index in [1.165, 1.54) is 11.1 Å². The van der Waals surface area contributed by atoms with Crippen molar-refractivity contribution < 1.29 is 0 Å². The first kappa shape index (κ1) is 35.4. The molecule has 0 saturated carbocycles. The highest BCUT2D eigenvalue weighted by atomic mass is 15.6. The Morgan fingerprint density at radius 1 is 0.579 bits per heavy atom. The molecule has 3 heterocycles. The first-order valence-corrected chi connectivity index (χ1v) is 19.3. The Kier molecular flexibility index (Phi) is 9.85. The van der Waals surface area contributed by atoms with Crippen LogP contribution in [0.25, 0.3) is 33.7 Å². The van der Waals surface area contributed by atoms with E-state index in [0.29, 0.717) is 18.9 Å². The molecule has 0 bridgehead atoms. The first-order valence-electron chi connectivity index (χ1n) is 19.3. The van der Waals surface area contributed by atoms with E-state index in [1.807, 2.05) is 41.3 Å². The van der Waals surface area contributed by atoms with Crippen LogP contribution >= 0.6 is 0 Å². The second kappa shape index (κ2) is 15.8. The number of rotatable bonds is 13. The van der Waals surface area contributed by atoms with Crippen LogP contribution in [0.3, 0.4) is 0 Å². The van der Waals surface area contributed by atoms with Crippen molar-refractivity contribution in [3.8, 4) is 22.5 Å². The number of hydrogen-bond acceptors (Lipinski definition) is 7. The van der Waals surface area contributed by atoms with Crippen molar-refractivity contribution >= 4 is 17.0 Å². The topological polar surface area (TPSA) is 90.4 Å². The summed E-state index contributed by atoms with van der Waals surface area (Å²) in [7, 11) is 0. The molecule has 9 rings (SSSR count). The summed E-state index contributed by atoms with van der Waals surface area (Å²) < 4.78 is 4.08. The normalized spacial score (nSPS) is 11.5. The van der Waals surface area contributed by atoms with E-state index in [2.05, 4.69) is 166 Å². The van der Waals surface area contributed by atoms with Crippen molar-refractivity contribution in [2.45, 2.75) is 32.0 Å². The van der Waals surface area contributed by atoms with E-state index in [1.54, 1.807) is 6.33 Å². The van der Waals surface area contributed by atoms with Gasteiger partial charge in [0.05, 0.1) is 12.9 Å². The zero-order valence-corrected chi connectivity index (χ0v) is 31.7. The second-order valence-electron chi connectivity index (χ2n) is 14.1. The summed E-state index contributed by atoms with van der Waals surface area (Å²) >= 11 is 0. The second-order valence-corrected chi connectivity index (χ2v) is 14.1. The zero-order chi connectivity index (χ0) is 38.4. The van der Waals surface area contributed by atoms with Crippen molar-refractivity contribution in [2.75, 3.05) is 11.4 Å². The van der Waals surface area contributed by atoms with Gasteiger partial charge in [0.15, 0.2) is 22.8 Å². The van der Waals surface area contributed by atoms with Gasteiger partial charge in [0.1, 0.15) is 11.9 Å². The molecule has 0 N–H and O–H groups in total. The van der Waals surface area contributed by atoms with Crippen molar-refractivity contribution in [3.63, 3.8) is 0 Å². The third kappa shape index (κ3) is 6.73. The fourth-order valence-electron chi connectivity index (χ4n) is 7.95. The molecule has 57 heavy (non-hydrogen) atoms. The molecule has 0 aliphatic heterocycles. The molecule has 0 spiro atoms. The van der Waals surface area contributed by atoms with Gasteiger partial charge < -0.3 is 9.47 Å². The Bertz CT molecular complexity index is 2600. The van der Waals surface area contributed by atoms with E-state index in [0.717, 1.165) is 63.3 Å². The highest BCUT2D eigenvalue weighted by Crippen LogP contribution is 2.43. The van der Waals surface area contributed by atoms with Gasteiger partial charge >= 0.3 is 0 Å². The van der Waals surface area contributed by atoms with Gasteiger partial charge in [-0.05, 0) is 55.8 Å². The van der Waals surface area contributed by atoms with E-state index in [9.17, 15) is 0 Å². The van der Waals surface area contributed by atoms with Gasteiger partial charge in [-0.2, -0.15) is 0 Å². The van der Waals surface area contributed by atoms with E-state index < -0.39 is 5.54 Å². The van der Waals surface area contributed by atoms with Crippen LogP contribution < -0.4 is 4.90 Å². The average molecular weight is 744 g/mol. The summed E-state index contributed by atoms with van der Waals surface area (Å²) in [5.74, 6) is 1.51. The molecule has 9 nitrogen and oxygen atoms in total. The Morgan fingerprint density at radius 3 is 1.77 bits per heavy atom. The van der Waals surface area contributed by atoms with E-state index in [4.69, 9.17) is 20.3 Å². The Balaban J connectivity index is 1.07. The third-order valence-electron chi connectivity index (χ3n) is 10.5. The van der Waals surface area contributed by atoms with Gasteiger partial charge in [0.25, 0.3) is 0 Å². The van der Waals surface area contributed by atoms with Crippen molar-refractivity contribution in [1.82, 2.24) is 39.7 Å². The van der Waals surface area contributed by atoms with Crippen LogP contribution in [0.2, 0.25) is 0 Å². The maximum atomic E-state index is 4.81. The highest BCUT2D eigenvalue weighted by Gasteiger charge is 2.42. The lowest BCUT2D eigenvalue weighted by Crippen LogP contribution is -2.39. The monoisotopic (exact) mass is 743 g/mol. The van der Waals surface area contributed by atoms with Crippen LogP contribution in [-0.4, -0.2) is 46.3 Å². The van der Waals surface area contributed by atoms with Gasteiger partial charge in [-0.15, -0.1) is 5.10 Å². The number of aromatic nitrogens is 8. The molecular weight excluding hydrogens is 703 g/mol. The molecule has 6 aromatic carbocycles. The van der Waals surface area contributed by atoms with Crippen LogP contribution in [0, 0.1) is 0 Å². The zero-order valence-electron chi connectivity index (χ0n) is 31.7. The Hall–Kier alpha value is -7.26.